The lowest BCUT2D eigenvalue weighted by Crippen LogP contribution is -2.32. The summed E-state index contributed by atoms with van der Waals surface area (Å²) in [6.45, 7) is 0. The topological polar surface area (TPSA) is 90.0 Å². The highest BCUT2D eigenvalue weighted by Gasteiger charge is 2.23. The van der Waals surface area contributed by atoms with Crippen LogP contribution in [0, 0.1) is 11.6 Å². The lowest BCUT2D eigenvalue weighted by atomic mass is 10.1. The first-order valence-corrected chi connectivity index (χ1v) is 11.0. The Labute approximate surface area is 187 Å². The SMILES string of the molecule is NNC(=O)CSc1nc2sc(Cl)c(-c3ccccc3F)c2c(=O)n1-c1cccc(F)c1. The Balaban J connectivity index is 2.03. The maximum Gasteiger partial charge on any atom is 0.268 e. The Hall–Kier alpha value is -2.79. The van der Waals surface area contributed by atoms with Gasteiger partial charge in [-0.1, -0.05) is 47.6 Å². The normalized spacial score (nSPS) is 11.1. The molecule has 158 valence electrons. The number of halogens is 3. The number of aromatic nitrogens is 2. The molecule has 0 saturated heterocycles. The molecule has 0 aliphatic heterocycles. The number of fused-ring (bicyclic) bond motifs is 1. The number of nitrogens with zero attached hydrogens (tertiary/aromatic N) is 2. The average Bonchev–Trinajstić information content (AvgIpc) is 3.08. The fraction of sp³-hybridized carbons (Fsp3) is 0.0500. The lowest BCUT2D eigenvalue weighted by molar-refractivity contribution is -0.118. The summed E-state index contributed by atoms with van der Waals surface area (Å²) in [5.74, 6) is 3.42. The van der Waals surface area contributed by atoms with Crippen LogP contribution in [-0.2, 0) is 4.79 Å². The third-order valence-corrected chi connectivity index (χ3v) is 6.59. The smallest absolute Gasteiger partial charge is 0.268 e. The summed E-state index contributed by atoms with van der Waals surface area (Å²) < 4.78 is 29.8. The van der Waals surface area contributed by atoms with Crippen LogP contribution < -0.4 is 16.8 Å². The van der Waals surface area contributed by atoms with Gasteiger partial charge in [0.1, 0.15) is 20.8 Å². The molecule has 4 aromatic rings. The molecule has 3 N–H and O–H groups in total. The first kappa shape index (κ1) is 21.4. The summed E-state index contributed by atoms with van der Waals surface area (Å²) in [5, 5.41) is 0.252. The summed E-state index contributed by atoms with van der Waals surface area (Å²) in [4.78, 5) is 30.0. The molecular weight excluding hydrogens is 466 g/mol. The number of thiophene rings is 1. The van der Waals surface area contributed by atoms with Crippen molar-refractivity contribution in [2.75, 3.05) is 5.75 Å². The molecule has 0 unspecified atom stereocenters. The minimum atomic E-state index is -0.562. The zero-order valence-corrected chi connectivity index (χ0v) is 18.0. The van der Waals surface area contributed by atoms with Gasteiger partial charge >= 0.3 is 0 Å². The van der Waals surface area contributed by atoms with Gasteiger partial charge in [-0.25, -0.2) is 19.6 Å². The van der Waals surface area contributed by atoms with Gasteiger partial charge in [0.15, 0.2) is 5.16 Å². The van der Waals surface area contributed by atoms with E-state index in [1.807, 2.05) is 5.43 Å². The minimum Gasteiger partial charge on any atom is -0.294 e. The van der Waals surface area contributed by atoms with Crippen LogP contribution >= 0.6 is 34.7 Å². The third-order valence-electron chi connectivity index (χ3n) is 4.36. The molecule has 1 amide bonds. The molecular formula is C20H13ClF2N4O2S2. The first-order valence-electron chi connectivity index (χ1n) is 8.79. The summed E-state index contributed by atoms with van der Waals surface area (Å²) in [6, 6.07) is 11.3. The predicted molar refractivity (Wildman–Crippen MR) is 119 cm³/mol. The largest absolute Gasteiger partial charge is 0.294 e. The molecule has 11 heteroatoms. The van der Waals surface area contributed by atoms with Crippen molar-refractivity contribution < 1.29 is 13.6 Å². The number of amides is 1. The average molecular weight is 479 g/mol. The van der Waals surface area contributed by atoms with E-state index in [-0.39, 0.29) is 42.3 Å². The number of hydrogen-bond acceptors (Lipinski definition) is 6. The van der Waals surface area contributed by atoms with Crippen LogP contribution in [0.5, 0.6) is 0 Å². The number of rotatable bonds is 5. The molecule has 0 aliphatic carbocycles. The van der Waals surface area contributed by atoms with Crippen LogP contribution in [0.4, 0.5) is 8.78 Å². The molecule has 2 heterocycles. The first-order chi connectivity index (χ1) is 14.9. The highest BCUT2D eigenvalue weighted by Crippen LogP contribution is 2.41. The van der Waals surface area contributed by atoms with Crippen molar-refractivity contribution >= 4 is 50.8 Å². The van der Waals surface area contributed by atoms with Gasteiger partial charge in [0, 0.05) is 11.1 Å². The third kappa shape index (κ3) is 4.07. The van der Waals surface area contributed by atoms with E-state index in [0.29, 0.717) is 0 Å². The Kier molecular flexibility index (Phi) is 6.05. The quantitative estimate of drug-likeness (QED) is 0.148. The van der Waals surface area contributed by atoms with Crippen molar-refractivity contribution in [2.24, 2.45) is 5.84 Å². The second kappa shape index (κ2) is 8.75. The Bertz CT molecular complexity index is 1370. The van der Waals surface area contributed by atoms with Gasteiger partial charge in [0.25, 0.3) is 5.56 Å². The zero-order chi connectivity index (χ0) is 22.1. The summed E-state index contributed by atoms with van der Waals surface area (Å²) in [5.41, 5.74) is 2.02. The zero-order valence-electron chi connectivity index (χ0n) is 15.6. The molecule has 6 nitrogen and oxygen atoms in total. The molecule has 0 saturated carbocycles. The van der Waals surface area contributed by atoms with Gasteiger partial charge < -0.3 is 0 Å². The van der Waals surface area contributed by atoms with E-state index in [0.717, 1.165) is 23.1 Å². The molecule has 4 rings (SSSR count). The van der Waals surface area contributed by atoms with E-state index in [1.165, 1.54) is 47.0 Å². The van der Waals surface area contributed by atoms with E-state index in [4.69, 9.17) is 17.4 Å². The van der Waals surface area contributed by atoms with Crippen LogP contribution in [0.1, 0.15) is 0 Å². The number of nitrogens with two attached hydrogens (primary N) is 1. The summed E-state index contributed by atoms with van der Waals surface area (Å²) in [7, 11) is 0. The molecule has 0 bridgehead atoms. The molecule has 2 aromatic heterocycles. The van der Waals surface area contributed by atoms with Gasteiger partial charge in [-0.15, -0.1) is 11.3 Å². The highest BCUT2D eigenvalue weighted by molar-refractivity contribution is 7.99. The van der Waals surface area contributed by atoms with Crippen LogP contribution in [-0.4, -0.2) is 21.2 Å². The number of hydrazine groups is 1. The van der Waals surface area contributed by atoms with Crippen LogP contribution in [0.15, 0.2) is 58.5 Å². The molecule has 0 fully saturated rings. The van der Waals surface area contributed by atoms with Gasteiger partial charge in [0.2, 0.25) is 5.91 Å². The van der Waals surface area contributed by atoms with Gasteiger partial charge in [-0.2, -0.15) is 0 Å². The number of carbonyl (C=O) groups excluding carboxylic acids is 1. The van der Waals surface area contributed by atoms with Crippen molar-refractivity contribution in [2.45, 2.75) is 5.16 Å². The second-order valence-electron chi connectivity index (χ2n) is 6.28. The van der Waals surface area contributed by atoms with Crippen LogP contribution in [0.2, 0.25) is 4.34 Å². The predicted octanol–water partition coefficient (Wildman–Crippen LogP) is 4.13. The van der Waals surface area contributed by atoms with Crippen LogP contribution in [0.25, 0.3) is 27.0 Å². The molecule has 0 radical (unpaired) electrons. The Morgan fingerprint density at radius 1 is 1.23 bits per heavy atom. The molecule has 2 aromatic carbocycles. The van der Waals surface area contributed by atoms with E-state index in [1.54, 1.807) is 6.07 Å². The summed E-state index contributed by atoms with van der Waals surface area (Å²) >= 11 is 8.36. The van der Waals surface area contributed by atoms with Crippen molar-refractivity contribution in [1.29, 1.82) is 0 Å². The molecule has 0 aliphatic rings. The fourth-order valence-electron chi connectivity index (χ4n) is 3.02. The van der Waals surface area contributed by atoms with Crippen molar-refractivity contribution in [3.8, 4) is 16.8 Å². The molecule has 0 spiro atoms. The number of nitrogens with one attached hydrogen (secondary N) is 1. The number of thioether (sulfide) groups is 1. The molecule has 0 atom stereocenters. The Morgan fingerprint density at radius 2 is 2.00 bits per heavy atom. The van der Waals surface area contributed by atoms with E-state index < -0.39 is 23.1 Å². The fourth-order valence-corrected chi connectivity index (χ4v) is 5.22. The van der Waals surface area contributed by atoms with Crippen molar-refractivity contribution in [1.82, 2.24) is 15.0 Å². The van der Waals surface area contributed by atoms with Crippen LogP contribution in [0.3, 0.4) is 0 Å². The van der Waals surface area contributed by atoms with Gasteiger partial charge in [0.05, 0.1) is 16.8 Å². The van der Waals surface area contributed by atoms with Crippen molar-refractivity contribution in [3.63, 3.8) is 0 Å². The molecule has 31 heavy (non-hydrogen) atoms. The maximum absolute atomic E-state index is 14.5. The Morgan fingerprint density at radius 3 is 2.71 bits per heavy atom. The van der Waals surface area contributed by atoms with E-state index in [9.17, 15) is 18.4 Å². The number of benzene rings is 2. The number of carbonyl (C=O) groups is 1. The second-order valence-corrected chi connectivity index (χ2v) is 8.83. The lowest BCUT2D eigenvalue weighted by Gasteiger charge is -2.12. The number of hydrogen-bond donors (Lipinski definition) is 2. The van der Waals surface area contributed by atoms with E-state index >= 15 is 0 Å². The van der Waals surface area contributed by atoms with Crippen molar-refractivity contribution in [3.05, 3.63) is 74.9 Å². The highest BCUT2D eigenvalue weighted by atomic mass is 35.5. The van der Waals surface area contributed by atoms with E-state index in [2.05, 4.69) is 4.98 Å². The summed E-state index contributed by atoms with van der Waals surface area (Å²) in [6.07, 6.45) is 0. The standard InChI is InChI=1S/C20H13ClF2N4O2S2/c21-17-15(12-6-1-2-7-13(12)23)16-18(31-17)25-20(30-9-14(28)26-24)27(19(16)29)11-5-3-4-10(22)8-11/h1-8H,9,24H2,(H,26,28). The maximum atomic E-state index is 14.5. The van der Waals surface area contributed by atoms with Gasteiger partial charge in [-0.3, -0.25) is 19.6 Å². The minimum absolute atomic E-state index is 0.108. The monoisotopic (exact) mass is 478 g/mol. The van der Waals surface area contributed by atoms with Gasteiger partial charge in [-0.05, 0) is 24.3 Å².